The van der Waals surface area contributed by atoms with Gasteiger partial charge in [-0.25, -0.2) is 10.8 Å². The van der Waals surface area contributed by atoms with E-state index in [1.165, 1.54) is 4.21 Å². The van der Waals surface area contributed by atoms with Crippen molar-refractivity contribution in [3.8, 4) is 0 Å². The largest absolute Gasteiger partial charge is 0.308 e. The molecule has 0 amide bonds. The van der Waals surface area contributed by atoms with E-state index in [-0.39, 0.29) is 0 Å². The van der Waals surface area contributed by atoms with Crippen LogP contribution in [0.2, 0.25) is 0 Å². The van der Waals surface area contributed by atoms with Crippen LogP contribution in [-0.2, 0) is 0 Å². The Morgan fingerprint density at radius 3 is 3.07 bits per heavy atom. The van der Waals surface area contributed by atoms with Gasteiger partial charge < -0.3 is 5.43 Å². The summed E-state index contributed by atoms with van der Waals surface area (Å²) in [5.74, 6) is 5.96. The molecular weight excluding hydrogens is 214 g/mol. The van der Waals surface area contributed by atoms with Gasteiger partial charge in [0.25, 0.3) is 0 Å². The maximum atomic E-state index is 5.27. The van der Waals surface area contributed by atoms with Crippen molar-refractivity contribution >= 4 is 28.9 Å². The number of nitrogens with one attached hydrogen (secondary N) is 1. The quantitative estimate of drug-likeness (QED) is 0.620. The number of hydrogen-bond donors (Lipinski definition) is 2. The number of rotatable bonds is 3. The molecule has 2 rings (SSSR count). The fourth-order valence-corrected chi connectivity index (χ4v) is 2.77. The molecular formula is C9H9N3S2. The van der Waals surface area contributed by atoms with Crippen LogP contribution in [0.15, 0.2) is 44.9 Å². The van der Waals surface area contributed by atoms with E-state index >= 15 is 0 Å². The molecule has 2 aromatic heterocycles. The van der Waals surface area contributed by atoms with Gasteiger partial charge in [0.1, 0.15) is 5.82 Å². The van der Waals surface area contributed by atoms with Gasteiger partial charge in [-0.15, -0.1) is 11.3 Å². The third kappa shape index (κ3) is 2.25. The zero-order valence-electron chi connectivity index (χ0n) is 7.31. The lowest BCUT2D eigenvalue weighted by atomic mass is 10.5. The first kappa shape index (κ1) is 9.51. The summed E-state index contributed by atoms with van der Waals surface area (Å²) in [4.78, 5) is 5.18. The van der Waals surface area contributed by atoms with E-state index < -0.39 is 0 Å². The molecule has 0 unspecified atom stereocenters. The molecule has 0 radical (unpaired) electrons. The number of anilines is 1. The predicted octanol–water partition coefficient (Wildman–Crippen LogP) is 2.58. The van der Waals surface area contributed by atoms with Crippen molar-refractivity contribution in [2.75, 3.05) is 5.43 Å². The SMILES string of the molecule is NNc1cc(Sc2cccs2)ccn1. The summed E-state index contributed by atoms with van der Waals surface area (Å²) < 4.78 is 1.26. The number of hydrogen-bond acceptors (Lipinski definition) is 5. The van der Waals surface area contributed by atoms with E-state index in [1.54, 1.807) is 29.3 Å². The second-order valence-corrected chi connectivity index (χ2v) is 4.88. The first-order valence-corrected chi connectivity index (χ1v) is 5.72. The van der Waals surface area contributed by atoms with Crippen LogP contribution in [0.1, 0.15) is 0 Å². The standard InChI is InChI=1S/C9H9N3S2/c10-12-8-6-7(3-4-11-8)14-9-2-1-5-13-9/h1-6H,10H2,(H,11,12). The highest BCUT2D eigenvalue weighted by atomic mass is 32.2. The highest BCUT2D eigenvalue weighted by Crippen LogP contribution is 2.31. The summed E-state index contributed by atoms with van der Waals surface area (Å²) in [6, 6.07) is 8.01. The third-order valence-corrected chi connectivity index (χ3v) is 3.62. The van der Waals surface area contributed by atoms with E-state index in [4.69, 9.17) is 5.84 Å². The molecule has 3 nitrogen and oxygen atoms in total. The molecule has 14 heavy (non-hydrogen) atoms. The first-order chi connectivity index (χ1) is 6.88. The summed E-state index contributed by atoms with van der Waals surface area (Å²) in [7, 11) is 0. The average Bonchev–Trinajstić information content (AvgIpc) is 2.71. The maximum absolute atomic E-state index is 5.27. The molecule has 2 heterocycles. The molecule has 0 saturated heterocycles. The Morgan fingerprint density at radius 1 is 1.43 bits per heavy atom. The minimum Gasteiger partial charge on any atom is -0.308 e. The first-order valence-electron chi connectivity index (χ1n) is 4.02. The molecule has 0 spiro atoms. The zero-order valence-corrected chi connectivity index (χ0v) is 8.94. The van der Waals surface area contributed by atoms with Crippen LogP contribution in [0.3, 0.4) is 0 Å². The van der Waals surface area contributed by atoms with Gasteiger partial charge in [0.05, 0.1) is 4.21 Å². The molecule has 0 saturated carbocycles. The molecule has 0 aromatic carbocycles. The van der Waals surface area contributed by atoms with Crippen LogP contribution in [-0.4, -0.2) is 4.98 Å². The fraction of sp³-hybridized carbons (Fsp3) is 0. The Balaban J connectivity index is 2.17. The molecule has 3 N–H and O–H groups in total. The molecule has 0 aliphatic rings. The Bertz CT molecular complexity index is 400. The number of nitrogen functional groups attached to an aromatic ring is 1. The van der Waals surface area contributed by atoms with Crippen molar-refractivity contribution in [2.24, 2.45) is 5.84 Å². The van der Waals surface area contributed by atoms with Crippen LogP contribution in [0, 0.1) is 0 Å². The molecule has 0 fully saturated rings. The minimum atomic E-state index is 0.687. The normalized spacial score (nSPS) is 10.1. The summed E-state index contributed by atoms with van der Waals surface area (Å²) in [5.41, 5.74) is 2.53. The van der Waals surface area contributed by atoms with E-state index in [9.17, 15) is 0 Å². The van der Waals surface area contributed by atoms with Gasteiger partial charge in [-0.2, -0.15) is 0 Å². The van der Waals surface area contributed by atoms with Crippen molar-refractivity contribution in [3.63, 3.8) is 0 Å². The summed E-state index contributed by atoms with van der Waals surface area (Å²) in [6.45, 7) is 0. The van der Waals surface area contributed by atoms with Crippen molar-refractivity contribution in [1.29, 1.82) is 0 Å². The Hall–Kier alpha value is -1.04. The molecule has 0 bridgehead atoms. The maximum Gasteiger partial charge on any atom is 0.140 e. The molecule has 0 atom stereocenters. The lowest BCUT2D eigenvalue weighted by Gasteiger charge is -2.01. The van der Waals surface area contributed by atoms with E-state index in [1.807, 2.05) is 18.2 Å². The van der Waals surface area contributed by atoms with Crippen LogP contribution in [0.5, 0.6) is 0 Å². The number of nitrogens with zero attached hydrogens (tertiary/aromatic N) is 1. The second kappa shape index (κ2) is 4.45. The highest BCUT2D eigenvalue weighted by molar-refractivity contribution is 8.01. The topological polar surface area (TPSA) is 50.9 Å². The summed E-state index contributed by atoms with van der Waals surface area (Å²) >= 11 is 3.43. The summed E-state index contributed by atoms with van der Waals surface area (Å²) in [5, 5.41) is 2.06. The third-order valence-electron chi connectivity index (χ3n) is 1.59. The molecule has 0 aliphatic heterocycles. The monoisotopic (exact) mass is 223 g/mol. The lowest BCUT2D eigenvalue weighted by molar-refractivity contribution is 1.19. The summed E-state index contributed by atoms with van der Waals surface area (Å²) in [6.07, 6.45) is 1.74. The number of aromatic nitrogens is 1. The van der Waals surface area contributed by atoms with Gasteiger partial charge in [-0.1, -0.05) is 17.8 Å². The van der Waals surface area contributed by atoms with Crippen LogP contribution >= 0.6 is 23.1 Å². The smallest absolute Gasteiger partial charge is 0.140 e. The second-order valence-electron chi connectivity index (χ2n) is 2.56. The van der Waals surface area contributed by atoms with Crippen LogP contribution < -0.4 is 11.3 Å². The number of hydrazine groups is 1. The number of thiophene rings is 1. The van der Waals surface area contributed by atoms with Crippen LogP contribution in [0.25, 0.3) is 0 Å². The van der Waals surface area contributed by atoms with E-state index in [2.05, 4.69) is 21.9 Å². The predicted molar refractivity (Wildman–Crippen MR) is 60.5 cm³/mol. The van der Waals surface area contributed by atoms with Gasteiger partial charge in [-0.05, 0) is 23.6 Å². The van der Waals surface area contributed by atoms with Crippen LogP contribution in [0.4, 0.5) is 5.82 Å². The molecule has 72 valence electrons. The van der Waals surface area contributed by atoms with Gasteiger partial charge in [0.2, 0.25) is 0 Å². The van der Waals surface area contributed by atoms with Gasteiger partial charge in [0, 0.05) is 11.1 Å². The average molecular weight is 223 g/mol. The zero-order chi connectivity index (χ0) is 9.80. The molecule has 2 aromatic rings. The van der Waals surface area contributed by atoms with Gasteiger partial charge in [-0.3, -0.25) is 0 Å². The van der Waals surface area contributed by atoms with E-state index in [0.29, 0.717) is 5.82 Å². The lowest BCUT2D eigenvalue weighted by Crippen LogP contribution is -2.07. The van der Waals surface area contributed by atoms with Gasteiger partial charge >= 0.3 is 0 Å². The minimum absolute atomic E-state index is 0.687. The van der Waals surface area contributed by atoms with Crippen molar-refractivity contribution < 1.29 is 0 Å². The van der Waals surface area contributed by atoms with E-state index in [0.717, 1.165) is 4.90 Å². The van der Waals surface area contributed by atoms with Crippen molar-refractivity contribution in [1.82, 2.24) is 4.98 Å². The highest BCUT2D eigenvalue weighted by Gasteiger charge is 1.99. The Morgan fingerprint density at radius 2 is 2.36 bits per heavy atom. The number of nitrogens with two attached hydrogens (primary N) is 1. The Kier molecular flexibility index (Phi) is 3.03. The van der Waals surface area contributed by atoms with Gasteiger partial charge in [0.15, 0.2) is 0 Å². The molecule has 0 aliphatic carbocycles. The molecule has 5 heteroatoms. The van der Waals surface area contributed by atoms with Crippen molar-refractivity contribution in [2.45, 2.75) is 9.10 Å². The number of pyridine rings is 1. The fourth-order valence-electron chi connectivity index (χ4n) is 0.991. The van der Waals surface area contributed by atoms with Crippen molar-refractivity contribution in [3.05, 3.63) is 35.8 Å². The Labute approximate surface area is 90.3 Å².